The molecule has 1 nitrogen and oxygen atoms in total. The van der Waals surface area contributed by atoms with Crippen molar-refractivity contribution in [2.75, 3.05) is 13.1 Å². The molecular formula is C9H17N. The zero-order valence-corrected chi connectivity index (χ0v) is 7.22. The van der Waals surface area contributed by atoms with E-state index in [2.05, 4.69) is 25.7 Å². The Balaban J connectivity index is 1.97. The number of piperidine rings is 1. The summed E-state index contributed by atoms with van der Waals surface area (Å²) >= 11 is 0. The number of hydrogen-bond donors (Lipinski definition) is 0. The summed E-state index contributed by atoms with van der Waals surface area (Å²) in [4.78, 5) is 2.62. The summed E-state index contributed by atoms with van der Waals surface area (Å²) in [6, 6.07) is 0. The Morgan fingerprint density at radius 3 is 1.90 bits per heavy atom. The average Bonchev–Trinajstić information content (AvgIpc) is 2.38. The van der Waals surface area contributed by atoms with Crippen LogP contribution in [0.4, 0.5) is 0 Å². The molecule has 0 aromatic rings. The van der Waals surface area contributed by atoms with Gasteiger partial charge < -0.3 is 0 Å². The van der Waals surface area contributed by atoms with E-state index in [9.17, 15) is 0 Å². The third kappa shape index (κ3) is 0.968. The van der Waals surface area contributed by atoms with Crippen LogP contribution in [0.2, 0.25) is 0 Å². The lowest BCUT2D eigenvalue weighted by Gasteiger charge is -2.32. The van der Waals surface area contributed by atoms with Crippen LogP contribution in [0.5, 0.6) is 0 Å². The van der Waals surface area contributed by atoms with Crippen molar-refractivity contribution in [3.63, 3.8) is 0 Å². The Hall–Kier alpha value is -0.0400. The van der Waals surface area contributed by atoms with Crippen molar-refractivity contribution in [3.8, 4) is 0 Å². The fourth-order valence-electron chi connectivity index (χ4n) is 1.95. The van der Waals surface area contributed by atoms with E-state index in [0.717, 1.165) is 11.8 Å². The first-order chi connectivity index (χ1) is 4.57. The van der Waals surface area contributed by atoms with Gasteiger partial charge in [-0.2, -0.15) is 0 Å². The molecule has 1 saturated carbocycles. The van der Waals surface area contributed by atoms with Gasteiger partial charge in [0.1, 0.15) is 0 Å². The quantitative estimate of drug-likeness (QED) is 0.494. The smallest absolute Gasteiger partial charge is 0.0125 e. The number of fused-ring (bicyclic) bond motifs is 1. The van der Waals surface area contributed by atoms with Crippen LogP contribution in [-0.2, 0) is 0 Å². The number of rotatable bonds is 0. The first-order valence-corrected chi connectivity index (χ1v) is 4.32. The molecule has 0 spiro atoms. The van der Waals surface area contributed by atoms with Gasteiger partial charge in [0.2, 0.25) is 0 Å². The van der Waals surface area contributed by atoms with Gasteiger partial charge in [-0.3, -0.25) is 4.90 Å². The van der Waals surface area contributed by atoms with Crippen molar-refractivity contribution >= 4 is 0 Å². The molecule has 1 heteroatoms. The summed E-state index contributed by atoms with van der Waals surface area (Å²) in [5, 5.41) is 0. The molecule has 1 saturated heterocycles. The van der Waals surface area contributed by atoms with Gasteiger partial charge in [0, 0.05) is 18.6 Å². The zero-order valence-electron chi connectivity index (χ0n) is 7.22. The molecule has 0 aromatic carbocycles. The minimum atomic E-state index is 0.424. The van der Waals surface area contributed by atoms with E-state index < -0.39 is 0 Å². The molecule has 1 aliphatic heterocycles. The van der Waals surface area contributed by atoms with Crippen molar-refractivity contribution in [2.45, 2.75) is 32.7 Å². The fourth-order valence-corrected chi connectivity index (χ4v) is 1.95. The summed E-state index contributed by atoms with van der Waals surface area (Å²) in [5.41, 5.74) is 0.424. The van der Waals surface area contributed by atoms with E-state index in [-0.39, 0.29) is 0 Å². The topological polar surface area (TPSA) is 3.24 Å². The molecule has 10 heavy (non-hydrogen) atoms. The van der Waals surface area contributed by atoms with Gasteiger partial charge in [-0.05, 0) is 39.0 Å². The fraction of sp³-hybridized carbons (Fsp3) is 1.00. The second-order valence-electron chi connectivity index (χ2n) is 4.83. The van der Waals surface area contributed by atoms with Gasteiger partial charge in [-0.15, -0.1) is 0 Å². The maximum atomic E-state index is 2.62. The third-order valence-electron chi connectivity index (χ3n) is 2.93. The van der Waals surface area contributed by atoms with Gasteiger partial charge >= 0.3 is 0 Å². The predicted molar refractivity (Wildman–Crippen MR) is 42.9 cm³/mol. The van der Waals surface area contributed by atoms with Crippen LogP contribution >= 0.6 is 0 Å². The molecule has 0 N–H and O–H groups in total. The van der Waals surface area contributed by atoms with Crippen LogP contribution in [0.25, 0.3) is 0 Å². The third-order valence-corrected chi connectivity index (χ3v) is 2.93. The lowest BCUT2D eigenvalue weighted by atomic mass is 10.1. The van der Waals surface area contributed by atoms with Crippen LogP contribution in [0.3, 0.4) is 0 Å². The first kappa shape index (κ1) is 6.66. The van der Waals surface area contributed by atoms with E-state index in [0.29, 0.717) is 5.54 Å². The lowest BCUT2D eigenvalue weighted by molar-refractivity contribution is 0.156. The Kier molecular flexibility index (Phi) is 1.17. The van der Waals surface area contributed by atoms with E-state index in [4.69, 9.17) is 0 Å². The minimum absolute atomic E-state index is 0.424. The van der Waals surface area contributed by atoms with Crippen molar-refractivity contribution in [2.24, 2.45) is 11.8 Å². The Labute approximate surface area is 63.4 Å². The van der Waals surface area contributed by atoms with Gasteiger partial charge in [-0.25, -0.2) is 0 Å². The van der Waals surface area contributed by atoms with Crippen molar-refractivity contribution in [1.82, 2.24) is 4.90 Å². The van der Waals surface area contributed by atoms with Crippen molar-refractivity contribution in [1.29, 1.82) is 0 Å². The van der Waals surface area contributed by atoms with Gasteiger partial charge in [0.15, 0.2) is 0 Å². The summed E-state index contributed by atoms with van der Waals surface area (Å²) < 4.78 is 0. The highest BCUT2D eigenvalue weighted by Crippen LogP contribution is 2.46. The molecule has 2 aliphatic rings. The standard InChI is InChI=1S/C9H17N/c1-9(2,3)10-5-7-4-8(7)6-10/h7-8H,4-6H2,1-3H3/t7-,8+. The molecule has 2 fully saturated rings. The molecule has 0 radical (unpaired) electrons. The largest absolute Gasteiger partial charge is 0.298 e. The second kappa shape index (κ2) is 1.76. The van der Waals surface area contributed by atoms with Crippen molar-refractivity contribution in [3.05, 3.63) is 0 Å². The highest BCUT2D eigenvalue weighted by Gasteiger charge is 2.47. The first-order valence-electron chi connectivity index (χ1n) is 4.32. The maximum Gasteiger partial charge on any atom is 0.0125 e. The van der Waals surface area contributed by atoms with Crippen LogP contribution in [0.15, 0.2) is 0 Å². The molecule has 0 unspecified atom stereocenters. The van der Waals surface area contributed by atoms with Crippen LogP contribution < -0.4 is 0 Å². The number of likely N-dealkylation sites (tertiary alicyclic amines) is 1. The van der Waals surface area contributed by atoms with Crippen molar-refractivity contribution < 1.29 is 0 Å². The number of hydrogen-bond acceptors (Lipinski definition) is 1. The average molecular weight is 139 g/mol. The van der Waals surface area contributed by atoms with E-state index in [1.54, 1.807) is 0 Å². The lowest BCUT2D eigenvalue weighted by Crippen LogP contribution is -2.40. The second-order valence-corrected chi connectivity index (χ2v) is 4.83. The molecule has 0 bridgehead atoms. The van der Waals surface area contributed by atoms with E-state index in [1.807, 2.05) is 0 Å². The molecule has 2 rings (SSSR count). The molecule has 0 amide bonds. The van der Waals surface area contributed by atoms with Crippen LogP contribution in [0.1, 0.15) is 27.2 Å². The Morgan fingerprint density at radius 2 is 1.60 bits per heavy atom. The predicted octanol–water partition coefficient (Wildman–Crippen LogP) is 1.74. The maximum absolute atomic E-state index is 2.62. The molecule has 1 aliphatic carbocycles. The molecule has 2 atom stereocenters. The highest BCUT2D eigenvalue weighted by molar-refractivity contribution is 4.99. The normalized spacial score (nSPS) is 39.9. The monoisotopic (exact) mass is 139 g/mol. The van der Waals surface area contributed by atoms with E-state index >= 15 is 0 Å². The summed E-state index contributed by atoms with van der Waals surface area (Å²) in [6.45, 7) is 9.69. The van der Waals surface area contributed by atoms with E-state index in [1.165, 1.54) is 19.5 Å². The Bertz CT molecular complexity index is 135. The summed E-state index contributed by atoms with van der Waals surface area (Å²) in [5.74, 6) is 2.17. The molecule has 0 aromatic heterocycles. The van der Waals surface area contributed by atoms with Gasteiger partial charge in [-0.1, -0.05) is 0 Å². The minimum Gasteiger partial charge on any atom is -0.298 e. The summed E-state index contributed by atoms with van der Waals surface area (Å²) in [6.07, 6.45) is 1.52. The molecule has 1 heterocycles. The SMILES string of the molecule is CC(C)(C)N1C[C@H]2C[C@H]2C1. The van der Waals surface area contributed by atoms with Gasteiger partial charge in [0.05, 0.1) is 0 Å². The highest BCUT2D eigenvalue weighted by atomic mass is 15.2. The zero-order chi connectivity index (χ0) is 7.35. The molecule has 58 valence electrons. The summed E-state index contributed by atoms with van der Waals surface area (Å²) in [7, 11) is 0. The molecular weight excluding hydrogens is 122 g/mol. The number of nitrogens with zero attached hydrogens (tertiary/aromatic N) is 1. The van der Waals surface area contributed by atoms with Crippen LogP contribution in [-0.4, -0.2) is 23.5 Å². The van der Waals surface area contributed by atoms with Crippen LogP contribution in [0, 0.1) is 11.8 Å². The van der Waals surface area contributed by atoms with Gasteiger partial charge in [0.25, 0.3) is 0 Å². The Morgan fingerprint density at radius 1 is 1.10 bits per heavy atom.